The standard InChI is InChI=1S/2C10H18O/c2*1-7(2)9-5-4-8(3)6-10(9)11/h2*7-9H,4-6H2,1-3H3/t2*8-,9+/m10/s1. The molecule has 2 fully saturated rings. The molecular weight excluding hydrogens is 272 g/mol. The molecule has 0 aromatic heterocycles. The van der Waals surface area contributed by atoms with Gasteiger partial charge in [0.25, 0.3) is 0 Å². The molecule has 2 aliphatic rings. The molecule has 0 unspecified atom stereocenters. The van der Waals surface area contributed by atoms with E-state index in [1.54, 1.807) is 0 Å². The van der Waals surface area contributed by atoms with E-state index in [-0.39, 0.29) is 0 Å². The van der Waals surface area contributed by atoms with Crippen LogP contribution in [0.1, 0.15) is 80.1 Å². The average Bonchev–Trinajstić information content (AvgIpc) is 2.38. The Morgan fingerprint density at radius 2 is 1.00 bits per heavy atom. The summed E-state index contributed by atoms with van der Waals surface area (Å²) in [5.41, 5.74) is 0. The Bertz CT molecular complexity index is 334. The van der Waals surface area contributed by atoms with Crippen LogP contribution in [0.4, 0.5) is 0 Å². The van der Waals surface area contributed by atoms with Crippen molar-refractivity contribution in [1.29, 1.82) is 0 Å². The van der Waals surface area contributed by atoms with Gasteiger partial charge in [-0.1, -0.05) is 41.5 Å². The van der Waals surface area contributed by atoms with Crippen LogP contribution in [-0.2, 0) is 9.59 Å². The van der Waals surface area contributed by atoms with Gasteiger partial charge in [-0.2, -0.15) is 0 Å². The summed E-state index contributed by atoms with van der Waals surface area (Å²) in [6.45, 7) is 13.0. The first-order valence-electron chi connectivity index (χ1n) is 9.27. The lowest BCUT2D eigenvalue weighted by molar-refractivity contribution is -0.128. The molecule has 2 heteroatoms. The third-order valence-electron chi connectivity index (χ3n) is 5.48. The van der Waals surface area contributed by atoms with Crippen LogP contribution in [0.25, 0.3) is 0 Å². The summed E-state index contributed by atoms with van der Waals surface area (Å²) in [5.74, 6) is 4.11. The lowest BCUT2D eigenvalue weighted by Gasteiger charge is -2.27. The second kappa shape index (κ2) is 8.84. The highest BCUT2D eigenvalue weighted by Gasteiger charge is 2.28. The molecule has 0 N–H and O–H groups in total. The molecule has 0 radical (unpaired) electrons. The van der Waals surface area contributed by atoms with Gasteiger partial charge in [0.1, 0.15) is 11.6 Å². The number of hydrogen-bond acceptors (Lipinski definition) is 2. The molecule has 0 spiro atoms. The Kier molecular flexibility index (Phi) is 7.79. The van der Waals surface area contributed by atoms with Crippen molar-refractivity contribution in [2.45, 2.75) is 80.1 Å². The van der Waals surface area contributed by atoms with Crippen LogP contribution in [-0.4, -0.2) is 11.6 Å². The molecule has 128 valence electrons. The van der Waals surface area contributed by atoms with Crippen molar-refractivity contribution in [3.8, 4) is 0 Å². The van der Waals surface area contributed by atoms with Crippen molar-refractivity contribution in [2.75, 3.05) is 0 Å². The highest BCUT2D eigenvalue weighted by molar-refractivity contribution is 5.82. The lowest BCUT2D eigenvalue weighted by atomic mass is 9.77. The monoisotopic (exact) mass is 308 g/mol. The fourth-order valence-electron chi connectivity index (χ4n) is 3.85. The highest BCUT2D eigenvalue weighted by atomic mass is 16.1. The third kappa shape index (κ3) is 5.85. The van der Waals surface area contributed by atoms with E-state index in [0.717, 1.165) is 25.7 Å². The summed E-state index contributed by atoms with van der Waals surface area (Å²) in [6, 6.07) is 0. The van der Waals surface area contributed by atoms with E-state index in [1.165, 1.54) is 12.8 Å². The first-order valence-corrected chi connectivity index (χ1v) is 9.27. The number of carbonyl (C=O) groups is 2. The fraction of sp³-hybridized carbons (Fsp3) is 0.900. The molecule has 0 bridgehead atoms. The van der Waals surface area contributed by atoms with Gasteiger partial charge in [0, 0.05) is 24.7 Å². The Morgan fingerprint density at radius 3 is 1.23 bits per heavy atom. The minimum atomic E-state index is 0.367. The summed E-state index contributed by atoms with van der Waals surface area (Å²) < 4.78 is 0. The normalized spacial score (nSPS) is 32.9. The van der Waals surface area contributed by atoms with E-state index >= 15 is 0 Å². The van der Waals surface area contributed by atoms with E-state index in [9.17, 15) is 9.59 Å². The number of hydrogen-bond donors (Lipinski definition) is 0. The van der Waals surface area contributed by atoms with Gasteiger partial charge in [0.2, 0.25) is 0 Å². The van der Waals surface area contributed by atoms with Crippen molar-refractivity contribution in [2.24, 2.45) is 35.5 Å². The van der Waals surface area contributed by atoms with E-state index < -0.39 is 0 Å². The van der Waals surface area contributed by atoms with Crippen LogP contribution >= 0.6 is 0 Å². The maximum Gasteiger partial charge on any atom is 0.136 e. The molecule has 0 aliphatic heterocycles. The fourth-order valence-corrected chi connectivity index (χ4v) is 3.85. The van der Waals surface area contributed by atoms with Crippen LogP contribution in [0, 0.1) is 35.5 Å². The predicted molar refractivity (Wildman–Crippen MR) is 92.7 cm³/mol. The Hall–Kier alpha value is -0.660. The second-order valence-electron chi connectivity index (χ2n) is 8.41. The Balaban J connectivity index is 0.000000220. The van der Waals surface area contributed by atoms with Crippen LogP contribution in [0.15, 0.2) is 0 Å². The van der Waals surface area contributed by atoms with Gasteiger partial charge in [0.15, 0.2) is 0 Å². The zero-order valence-corrected chi connectivity index (χ0v) is 15.5. The molecule has 4 atom stereocenters. The zero-order chi connectivity index (χ0) is 16.9. The van der Waals surface area contributed by atoms with Crippen molar-refractivity contribution in [3.63, 3.8) is 0 Å². The average molecular weight is 309 g/mol. The summed E-state index contributed by atoms with van der Waals surface area (Å²) in [4.78, 5) is 22.9. The summed E-state index contributed by atoms with van der Waals surface area (Å²) in [6.07, 6.45) is 6.38. The maximum atomic E-state index is 11.4. The van der Waals surface area contributed by atoms with Crippen molar-refractivity contribution < 1.29 is 9.59 Å². The molecule has 0 aromatic carbocycles. The number of Topliss-reactive ketones (excluding diaryl/α,β-unsaturated/α-hetero) is 2. The topological polar surface area (TPSA) is 34.1 Å². The van der Waals surface area contributed by atoms with Crippen molar-refractivity contribution >= 4 is 11.6 Å². The second-order valence-corrected chi connectivity index (χ2v) is 8.41. The van der Waals surface area contributed by atoms with Crippen LogP contribution in [0.5, 0.6) is 0 Å². The first kappa shape index (κ1) is 19.4. The van der Waals surface area contributed by atoms with Gasteiger partial charge < -0.3 is 0 Å². The van der Waals surface area contributed by atoms with E-state index in [4.69, 9.17) is 0 Å². The van der Waals surface area contributed by atoms with Crippen LogP contribution in [0.3, 0.4) is 0 Å². The molecule has 22 heavy (non-hydrogen) atoms. The summed E-state index contributed by atoms with van der Waals surface area (Å²) in [5, 5.41) is 0. The number of ketones is 2. The van der Waals surface area contributed by atoms with Gasteiger partial charge in [-0.05, 0) is 49.4 Å². The lowest BCUT2D eigenvalue weighted by Crippen LogP contribution is -2.27. The summed E-state index contributed by atoms with van der Waals surface area (Å²) in [7, 11) is 0. The molecule has 0 aromatic rings. The molecule has 2 nitrogen and oxygen atoms in total. The minimum Gasteiger partial charge on any atom is -0.299 e. The SMILES string of the molecule is CC(C)[C@@H]1CC[C@@H](C)CC1=O.CC(C)[C@H]1CC[C@H](C)CC1=O. The molecule has 0 saturated heterocycles. The number of carbonyl (C=O) groups excluding carboxylic acids is 2. The molecule has 2 aliphatic carbocycles. The Morgan fingerprint density at radius 1 is 0.682 bits per heavy atom. The summed E-state index contributed by atoms with van der Waals surface area (Å²) >= 11 is 0. The van der Waals surface area contributed by atoms with Gasteiger partial charge in [-0.15, -0.1) is 0 Å². The van der Waals surface area contributed by atoms with Gasteiger partial charge in [-0.3, -0.25) is 9.59 Å². The van der Waals surface area contributed by atoms with Crippen LogP contribution < -0.4 is 0 Å². The molecule has 0 amide bonds. The van der Waals surface area contributed by atoms with E-state index in [2.05, 4.69) is 41.5 Å². The predicted octanol–water partition coefficient (Wildman–Crippen LogP) is 5.30. The zero-order valence-electron chi connectivity index (χ0n) is 15.5. The van der Waals surface area contributed by atoms with Gasteiger partial charge in [-0.25, -0.2) is 0 Å². The van der Waals surface area contributed by atoms with Crippen LogP contribution in [0.2, 0.25) is 0 Å². The largest absolute Gasteiger partial charge is 0.299 e. The Labute approximate surface area is 137 Å². The van der Waals surface area contributed by atoms with Crippen molar-refractivity contribution in [1.82, 2.24) is 0 Å². The molecular formula is C20H36O2. The van der Waals surface area contributed by atoms with E-state index in [0.29, 0.717) is 47.1 Å². The van der Waals surface area contributed by atoms with E-state index in [1.807, 2.05) is 0 Å². The van der Waals surface area contributed by atoms with Gasteiger partial charge in [0.05, 0.1) is 0 Å². The third-order valence-corrected chi connectivity index (χ3v) is 5.48. The quantitative estimate of drug-likeness (QED) is 0.694. The minimum absolute atomic E-state index is 0.367. The maximum absolute atomic E-state index is 11.4. The van der Waals surface area contributed by atoms with Crippen molar-refractivity contribution in [3.05, 3.63) is 0 Å². The number of rotatable bonds is 2. The molecule has 2 saturated carbocycles. The smallest absolute Gasteiger partial charge is 0.136 e. The molecule has 0 heterocycles. The first-order chi connectivity index (χ1) is 10.2. The highest BCUT2D eigenvalue weighted by Crippen LogP contribution is 2.30. The van der Waals surface area contributed by atoms with Gasteiger partial charge >= 0.3 is 0 Å². The molecule has 2 rings (SSSR count).